The highest BCUT2D eigenvalue weighted by Crippen LogP contribution is 2.24. The van der Waals surface area contributed by atoms with Crippen molar-refractivity contribution in [3.05, 3.63) is 24.3 Å². The van der Waals surface area contributed by atoms with Gasteiger partial charge in [-0.1, -0.05) is 11.8 Å². The van der Waals surface area contributed by atoms with Crippen LogP contribution in [-0.4, -0.2) is 48.1 Å². The fourth-order valence-electron chi connectivity index (χ4n) is 1.67. The molecule has 0 aliphatic carbocycles. The van der Waals surface area contributed by atoms with E-state index in [-0.39, 0.29) is 23.4 Å². The second-order valence-electron chi connectivity index (χ2n) is 4.47. The van der Waals surface area contributed by atoms with Crippen LogP contribution >= 0.6 is 11.8 Å². The Kier molecular flexibility index (Phi) is 6.62. The minimum atomic E-state index is -0.510. The highest BCUT2D eigenvalue weighted by Gasteiger charge is 2.12. The maximum absolute atomic E-state index is 11.6. The number of aromatic nitrogens is 2. The summed E-state index contributed by atoms with van der Waals surface area (Å²) in [6.45, 7) is 2.34. The summed E-state index contributed by atoms with van der Waals surface area (Å²) < 4.78 is 15.3. The van der Waals surface area contributed by atoms with E-state index in [1.807, 2.05) is 31.2 Å². The summed E-state index contributed by atoms with van der Waals surface area (Å²) in [7, 11) is 1.25. The first-order valence-corrected chi connectivity index (χ1v) is 8.14. The summed E-state index contributed by atoms with van der Waals surface area (Å²) >= 11 is 1.09. The van der Waals surface area contributed by atoms with Crippen molar-refractivity contribution >= 4 is 23.6 Å². The van der Waals surface area contributed by atoms with Crippen LogP contribution in [0.25, 0.3) is 11.5 Å². The summed E-state index contributed by atoms with van der Waals surface area (Å²) in [6.07, 6.45) is 0. The molecule has 128 valence electrons. The van der Waals surface area contributed by atoms with E-state index in [0.717, 1.165) is 23.1 Å². The average Bonchev–Trinajstić information content (AvgIpc) is 3.07. The van der Waals surface area contributed by atoms with Crippen molar-refractivity contribution in [1.82, 2.24) is 15.5 Å². The minimum absolute atomic E-state index is 0.0574. The maximum Gasteiger partial charge on any atom is 0.325 e. The number of nitrogens with zero attached hydrogens (tertiary/aromatic N) is 2. The van der Waals surface area contributed by atoms with Crippen LogP contribution in [0.1, 0.15) is 6.92 Å². The van der Waals surface area contributed by atoms with Crippen molar-refractivity contribution in [2.75, 3.05) is 26.0 Å². The molecule has 24 heavy (non-hydrogen) atoms. The van der Waals surface area contributed by atoms with Crippen LogP contribution < -0.4 is 10.1 Å². The number of hydrogen-bond donors (Lipinski definition) is 1. The molecule has 0 radical (unpaired) electrons. The number of esters is 1. The fraction of sp³-hybridized carbons (Fsp3) is 0.333. The third kappa shape index (κ3) is 5.27. The maximum atomic E-state index is 11.6. The number of ether oxygens (including phenoxy) is 2. The second-order valence-corrected chi connectivity index (χ2v) is 5.40. The van der Waals surface area contributed by atoms with E-state index in [9.17, 15) is 9.59 Å². The number of methoxy groups -OCH3 is 1. The van der Waals surface area contributed by atoms with Crippen molar-refractivity contribution in [2.45, 2.75) is 12.1 Å². The smallest absolute Gasteiger partial charge is 0.325 e. The molecule has 2 aromatic rings. The van der Waals surface area contributed by atoms with Crippen LogP contribution in [0.5, 0.6) is 5.75 Å². The Morgan fingerprint density at radius 1 is 1.25 bits per heavy atom. The standard InChI is InChI=1S/C15H17N3O5S/c1-3-22-11-6-4-10(5-7-11)14-17-18-15(23-14)24-9-12(19)16-8-13(20)21-2/h4-7H,3,8-9H2,1-2H3,(H,16,19). The van der Waals surface area contributed by atoms with Crippen LogP contribution in [0.3, 0.4) is 0 Å². The van der Waals surface area contributed by atoms with Crippen molar-refractivity contribution in [3.8, 4) is 17.2 Å². The molecule has 0 saturated carbocycles. The number of benzene rings is 1. The van der Waals surface area contributed by atoms with Gasteiger partial charge in [0.15, 0.2) is 0 Å². The molecule has 0 bridgehead atoms. The zero-order chi connectivity index (χ0) is 17.4. The molecular formula is C15H17N3O5S. The molecule has 1 aromatic heterocycles. The van der Waals surface area contributed by atoms with Gasteiger partial charge in [0.25, 0.3) is 5.22 Å². The zero-order valence-electron chi connectivity index (χ0n) is 13.3. The Balaban J connectivity index is 1.86. The molecule has 1 N–H and O–H groups in total. The lowest BCUT2D eigenvalue weighted by molar-refractivity contribution is -0.140. The quantitative estimate of drug-likeness (QED) is 0.564. The molecule has 0 unspecified atom stereocenters. The average molecular weight is 351 g/mol. The van der Waals surface area contributed by atoms with E-state index >= 15 is 0 Å². The topological polar surface area (TPSA) is 104 Å². The summed E-state index contributed by atoms with van der Waals surface area (Å²) in [4.78, 5) is 22.5. The Labute approximate surface area is 142 Å². The number of hydrogen-bond acceptors (Lipinski definition) is 8. The summed E-state index contributed by atoms with van der Waals surface area (Å²) in [5.41, 5.74) is 0.757. The van der Waals surface area contributed by atoms with Gasteiger partial charge in [-0.25, -0.2) is 0 Å². The number of nitrogens with one attached hydrogen (secondary N) is 1. The molecule has 0 aliphatic rings. The van der Waals surface area contributed by atoms with Gasteiger partial charge in [0.1, 0.15) is 12.3 Å². The van der Waals surface area contributed by atoms with E-state index < -0.39 is 5.97 Å². The molecule has 9 heteroatoms. The van der Waals surface area contributed by atoms with Crippen molar-refractivity contribution in [1.29, 1.82) is 0 Å². The Hall–Kier alpha value is -2.55. The predicted molar refractivity (Wildman–Crippen MR) is 86.7 cm³/mol. The summed E-state index contributed by atoms with van der Waals surface area (Å²) in [5, 5.41) is 10.5. The molecule has 0 fully saturated rings. The molecule has 1 aromatic carbocycles. The van der Waals surface area contributed by atoms with E-state index in [2.05, 4.69) is 20.3 Å². The van der Waals surface area contributed by atoms with Gasteiger partial charge in [0, 0.05) is 5.56 Å². The van der Waals surface area contributed by atoms with Gasteiger partial charge < -0.3 is 19.2 Å². The van der Waals surface area contributed by atoms with E-state index in [1.54, 1.807) is 0 Å². The molecular weight excluding hydrogens is 334 g/mol. The van der Waals surface area contributed by atoms with Crippen LogP contribution in [0, 0.1) is 0 Å². The van der Waals surface area contributed by atoms with Gasteiger partial charge in [-0.05, 0) is 31.2 Å². The molecule has 0 spiro atoms. The van der Waals surface area contributed by atoms with Crippen molar-refractivity contribution in [2.24, 2.45) is 0 Å². The first-order valence-electron chi connectivity index (χ1n) is 7.15. The Bertz CT molecular complexity index is 687. The lowest BCUT2D eigenvalue weighted by Gasteiger charge is -2.02. The number of carbonyl (C=O) groups is 2. The number of thioether (sulfide) groups is 1. The third-order valence-corrected chi connectivity index (χ3v) is 3.62. The number of amides is 1. The summed E-state index contributed by atoms with van der Waals surface area (Å²) in [5.74, 6) is 0.338. The largest absolute Gasteiger partial charge is 0.494 e. The molecule has 8 nitrogen and oxygen atoms in total. The minimum Gasteiger partial charge on any atom is -0.494 e. The van der Waals surface area contributed by atoms with Gasteiger partial charge in [-0.2, -0.15) is 0 Å². The molecule has 0 saturated heterocycles. The molecule has 0 aliphatic heterocycles. The van der Waals surface area contributed by atoms with Crippen LogP contribution in [0.4, 0.5) is 0 Å². The van der Waals surface area contributed by atoms with Crippen LogP contribution in [-0.2, 0) is 14.3 Å². The van der Waals surface area contributed by atoms with Gasteiger partial charge in [-0.3, -0.25) is 9.59 Å². The lowest BCUT2D eigenvalue weighted by Crippen LogP contribution is -2.31. The normalized spacial score (nSPS) is 10.2. The highest BCUT2D eigenvalue weighted by molar-refractivity contribution is 7.99. The van der Waals surface area contributed by atoms with E-state index in [1.165, 1.54) is 7.11 Å². The SMILES string of the molecule is CCOc1ccc(-c2nnc(SCC(=O)NCC(=O)OC)o2)cc1. The molecule has 2 rings (SSSR count). The van der Waals surface area contributed by atoms with E-state index in [0.29, 0.717) is 12.5 Å². The second kappa shape index (κ2) is 8.92. The lowest BCUT2D eigenvalue weighted by atomic mass is 10.2. The number of rotatable bonds is 8. The van der Waals surface area contributed by atoms with Gasteiger partial charge in [-0.15, -0.1) is 10.2 Å². The number of carbonyl (C=O) groups excluding carboxylic acids is 2. The first-order chi connectivity index (χ1) is 11.6. The molecule has 1 heterocycles. The molecule has 1 amide bonds. The van der Waals surface area contributed by atoms with Crippen LogP contribution in [0.2, 0.25) is 0 Å². The Morgan fingerprint density at radius 3 is 2.67 bits per heavy atom. The van der Waals surface area contributed by atoms with Gasteiger partial charge in [0.2, 0.25) is 11.8 Å². The fourth-order valence-corrected chi connectivity index (χ4v) is 2.26. The summed E-state index contributed by atoms with van der Waals surface area (Å²) in [6, 6.07) is 7.26. The highest BCUT2D eigenvalue weighted by atomic mass is 32.2. The van der Waals surface area contributed by atoms with Crippen molar-refractivity contribution < 1.29 is 23.5 Å². The zero-order valence-corrected chi connectivity index (χ0v) is 14.1. The predicted octanol–water partition coefficient (Wildman–Crippen LogP) is 1.52. The third-order valence-electron chi connectivity index (χ3n) is 2.80. The van der Waals surface area contributed by atoms with Crippen LogP contribution in [0.15, 0.2) is 33.9 Å². The van der Waals surface area contributed by atoms with Gasteiger partial charge >= 0.3 is 5.97 Å². The van der Waals surface area contributed by atoms with E-state index in [4.69, 9.17) is 9.15 Å². The molecule has 0 atom stereocenters. The first kappa shape index (κ1) is 17.8. The van der Waals surface area contributed by atoms with Gasteiger partial charge in [0.05, 0.1) is 19.5 Å². The monoisotopic (exact) mass is 351 g/mol. The Morgan fingerprint density at radius 2 is 2.00 bits per heavy atom. The van der Waals surface area contributed by atoms with Crippen molar-refractivity contribution in [3.63, 3.8) is 0 Å².